The van der Waals surface area contributed by atoms with E-state index in [9.17, 15) is 18.0 Å². The van der Waals surface area contributed by atoms with Gasteiger partial charge in [-0.25, -0.2) is 13.1 Å². The van der Waals surface area contributed by atoms with Gasteiger partial charge in [0.25, 0.3) is 0 Å². The van der Waals surface area contributed by atoms with Gasteiger partial charge in [0.15, 0.2) is 0 Å². The molecule has 1 aromatic heterocycles. The first kappa shape index (κ1) is 28.4. The number of hydrogen-bond donors (Lipinski definition) is 1. The molecule has 1 N–H and O–H groups in total. The number of methoxy groups -OCH3 is 1. The molecular weight excluding hydrogens is 526 g/mol. The van der Waals surface area contributed by atoms with Crippen LogP contribution < -0.4 is 4.72 Å². The highest BCUT2D eigenvalue weighted by atomic mass is 32.2. The first-order chi connectivity index (χ1) is 19.2. The van der Waals surface area contributed by atoms with Gasteiger partial charge in [-0.2, -0.15) is 0 Å². The highest BCUT2D eigenvalue weighted by Crippen LogP contribution is 2.31. The zero-order valence-corrected chi connectivity index (χ0v) is 24.2. The second-order valence-electron chi connectivity index (χ2n) is 11.1. The number of rotatable bonds is 8. The van der Waals surface area contributed by atoms with Crippen LogP contribution in [0.5, 0.6) is 0 Å². The fourth-order valence-electron chi connectivity index (χ4n) is 6.06. The molecule has 9 heteroatoms. The lowest BCUT2D eigenvalue weighted by Crippen LogP contribution is -2.43. The molecule has 2 aromatic carbocycles. The summed E-state index contributed by atoms with van der Waals surface area (Å²) in [6.45, 7) is 1.72. The number of nitrogens with zero attached hydrogens (tertiary/aromatic N) is 2. The average Bonchev–Trinajstić information content (AvgIpc) is 3.32. The van der Waals surface area contributed by atoms with Crippen molar-refractivity contribution in [3.8, 4) is 11.3 Å². The maximum atomic E-state index is 13.3. The Bertz CT molecular complexity index is 1460. The second kappa shape index (κ2) is 12.1. The number of carbonyl (C=O) groups is 2. The number of aromatic nitrogens is 1. The lowest BCUT2D eigenvalue weighted by atomic mass is 9.85. The predicted molar refractivity (Wildman–Crippen MR) is 155 cm³/mol. The number of sulfonamides is 1. The molecule has 3 aromatic rings. The topological polar surface area (TPSA) is 97.7 Å². The van der Waals surface area contributed by atoms with E-state index in [4.69, 9.17) is 4.74 Å². The Morgan fingerprint density at radius 2 is 1.65 bits per heavy atom. The molecule has 0 radical (unpaired) electrons. The Morgan fingerprint density at radius 3 is 2.33 bits per heavy atom. The molecular formula is C31H39N3O5S. The molecule has 5 rings (SSSR count). The van der Waals surface area contributed by atoms with E-state index in [1.54, 1.807) is 12.1 Å². The molecule has 0 atom stereocenters. The normalized spacial score (nSPS) is 20.0. The van der Waals surface area contributed by atoms with E-state index in [-0.39, 0.29) is 28.7 Å². The molecule has 1 amide bonds. The van der Waals surface area contributed by atoms with Crippen molar-refractivity contribution in [2.45, 2.75) is 68.7 Å². The van der Waals surface area contributed by atoms with Crippen LogP contribution in [-0.2, 0) is 37.8 Å². The van der Waals surface area contributed by atoms with Gasteiger partial charge in [0.2, 0.25) is 15.9 Å². The van der Waals surface area contributed by atoms with Crippen molar-refractivity contribution in [1.29, 1.82) is 0 Å². The van der Waals surface area contributed by atoms with Gasteiger partial charge in [0.1, 0.15) is 0 Å². The lowest BCUT2D eigenvalue weighted by Gasteiger charge is -2.34. The third-order valence-electron chi connectivity index (χ3n) is 8.49. The van der Waals surface area contributed by atoms with Crippen LogP contribution in [0.15, 0.2) is 53.4 Å². The van der Waals surface area contributed by atoms with Crippen molar-refractivity contribution < 1.29 is 22.7 Å². The van der Waals surface area contributed by atoms with E-state index in [1.165, 1.54) is 13.5 Å². The zero-order valence-electron chi connectivity index (χ0n) is 23.4. The summed E-state index contributed by atoms with van der Waals surface area (Å²) in [5.74, 6) is 0.0364. The van der Waals surface area contributed by atoms with Crippen molar-refractivity contribution in [3.63, 3.8) is 0 Å². The third-order valence-corrected chi connectivity index (χ3v) is 10.0. The lowest BCUT2D eigenvalue weighted by molar-refractivity contribution is -0.140. The molecule has 40 heavy (non-hydrogen) atoms. The van der Waals surface area contributed by atoms with Crippen molar-refractivity contribution in [2.24, 2.45) is 13.0 Å². The minimum absolute atomic E-state index is 0.0129. The molecule has 0 unspecified atom stereocenters. The molecule has 2 fully saturated rings. The molecule has 1 aliphatic carbocycles. The van der Waals surface area contributed by atoms with Gasteiger partial charge in [-0.3, -0.25) is 9.59 Å². The van der Waals surface area contributed by atoms with Gasteiger partial charge < -0.3 is 14.2 Å². The number of likely N-dealkylation sites (tertiary alicyclic amines) is 1. The van der Waals surface area contributed by atoms with E-state index in [1.807, 2.05) is 46.8 Å². The molecule has 2 heterocycles. The Morgan fingerprint density at radius 1 is 0.950 bits per heavy atom. The summed E-state index contributed by atoms with van der Waals surface area (Å²) in [5, 5.41) is 0.961. The van der Waals surface area contributed by atoms with Crippen LogP contribution in [0.1, 0.15) is 56.9 Å². The summed E-state index contributed by atoms with van der Waals surface area (Å²) < 4.78 is 36.3. The van der Waals surface area contributed by atoms with Crippen molar-refractivity contribution in [2.75, 3.05) is 20.2 Å². The van der Waals surface area contributed by atoms with Gasteiger partial charge in [0, 0.05) is 55.1 Å². The summed E-state index contributed by atoms with van der Waals surface area (Å²) in [6.07, 6.45) is 7.12. The first-order valence-electron chi connectivity index (χ1n) is 14.3. The molecule has 0 spiro atoms. The Balaban J connectivity index is 1.24. The SMILES string of the molecule is COC(=O)CCc1ccc(-c2cc3ccc(S(=O)(=O)NC4CCC(C(=O)N5CCCCC5)CC4)cc3n2C)cc1. The minimum atomic E-state index is -3.70. The van der Waals surface area contributed by atoms with E-state index in [2.05, 4.69) is 10.8 Å². The van der Waals surface area contributed by atoms with Gasteiger partial charge in [-0.05, 0) is 80.7 Å². The summed E-state index contributed by atoms with van der Waals surface area (Å²) >= 11 is 0. The number of ether oxygens (including phenoxy) is 1. The summed E-state index contributed by atoms with van der Waals surface area (Å²) in [5.41, 5.74) is 3.88. The number of esters is 1. The molecule has 1 saturated heterocycles. The van der Waals surface area contributed by atoms with Crippen LogP contribution in [0, 0.1) is 5.92 Å². The van der Waals surface area contributed by atoms with Crippen LogP contribution in [0.4, 0.5) is 0 Å². The minimum Gasteiger partial charge on any atom is -0.469 e. The highest BCUT2D eigenvalue weighted by molar-refractivity contribution is 7.89. The zero-order chi connectivity index (χ0) is 28.3. The van der Waals surface area contributed by atoms with E-state index in [0.29, 0.717) is 25.7 Å². The number of amides is 1. The van der Waals surface area contributed by atoms with Gasteiger partial charge in [-0.1, -0.05) is 30.3 Å². The Labute approximate surface area is 236 Å². The van der Waals surface area contributed by atoms with Crippen molar-refractivity contribution >= 4 is 32.8 Å². The monoisotopic (exact) mass is 565 g/mol. The van der Waals surface area contributed by atoms with Gasteiger partial charge in [-0.15, -0.1) is 0 Å². The number of fused-ring (bicyclic) bond motifs is 1. The molecule has 214 valence electrons. The van der Waals surface area contributed by atoms with E-state index in [0.717, 1.165) is 66.5 Å². The average molecular weight is 566 g/mol. The van der Waals surface area contributed by atoms with Crippen molar-refractivity contribution in [1.82, 2.24) is 14.2 Å². The molecule has 1 aliphatic heterocycles. The molecule has 1 saturated carbocycles. The van der Waals surface area contributed by atoms with E-state index < -0.39 is 10.0 Å². The van der Waals surface area contributed by atoms with Crippen LogP contribution in [0.2, 0.25) is 0 Å². The number of benzene rings is 2. The second-order valence-corrected chi connectivity index (χ2v) is 12.9. The maximum Gasteiger partial charge on any atom is 0.305 e. The highest BCUT2D eigenvalue weighted by Gasteiger charge is 2.32. The molecule has 8 nitrogen and oxygen atoms in total. The summed E-state index contributed by atoms with van der Waals surface area (Å²) in [4.78, 5) is 26.6. The maximum absolute atomic E-state index is 13.3. The smallest absolute Gasteiger partial charge is 0.305 e. The summed E-state index contributed by atoms with van der Waals surface area (Å²) in [6, 6.07) is 15.2. The predicted octanol–water partition coefficient (Wildman–Crippen LogP) is 4.80. The van der Waals surface area contributed by atoms with E-state index >= 15 is 0 Å². The summed E-state index contributed by atoms with van der Waals surface area (Å²) in [7, 11) is -0.369. The standard InChI is InChI=1S/C31H39N3O5S/c1-33-28(23-9-6-22(7-10-23)8-17-30(35)39-2)20-25-13-16-27(21-29(25)33)40(37,38)32-26-14-11-24(12-15-26)31(36)34-18-4-3-5-19-34/h6-7,9-10,13,16,20-21,24,26,32H,3-5,8,11-12,14-15,17-19H2,1-2H3. The first-order valence-corrected chi connectivity index (χ1v) is 15.8. The number of piperidine rings is 1. The number of hydrogen-bond acceptors (Lipinski definition) is 5. The fourth-order valence-corrected chi connectivity index (χ4v) is 7.39. The molecule has 0 bridgehead atoms. The molecule has 2 aliphatic rings. The number of nitrogens with one attached hydrogen (secondary N) is 1. The van der Waals surface area contributed by atoms with Crippen LogP contribution in [0.25, 0.3) is 22.2 Å². The van der Waals surface area contributed by atoms with Gasteiger partial charge in [0.05, 0.1) is 12.0 Å². The van der Waals surface area contributed by atoms with Crippen LogP contribution >= 0.6 is 0 Å². The quantitative estimate of drug-likeness (QED) is 0.396. The number of aryl methyl sites for hydroxylation is 2. The van der Waals surface area contributed by atoms with Gasteiger partial charge >= 0.3 is 5.97 Å². The van der Waals surface area contributed by atoms with Crippen LogP contribution in [-0.4, -0.2) is 56.0 Å². The Hall–Kier alpha value is -3.17. The Kier molecular flexibility index (Phi) is 8.61. The third kappa shape index (κ3) is 6.25. The van der Waals surface area contributed by atoms with Crippen molar-refractivity contribution in [3.05, 3.63) is 54.1 Å². The van der Waals surface area contributed by atoms with Crippen LogP contribution in [0.3, 0.4) is 0 Å². The fraction of sp³-hybridized carbons (Fsp3) is 0.484. The largest absolute Gasteiger partial charge is 0.469 e. The number of carbonyl (C=O) groups excluding carboxylic acids is 2.